The second kappa shape index (κ2) is 11.0. The van der Waals surface area contributed by atoms with Gasteiger partial charge in [0.25, 0.3) is 11.8 Å². The van der Waals surface area contributed by atoms with E-state index in [9.17, 15) is 9.59 Å². The van der Waals surface area contributed by atoms with Gasteiger partial charge in [-0.25, -0.2) is 0 Å². The van der Waals surface area contributed by atoms with Crippen LogP contribution in [0.4, 0.5) is 0 Å². The van der Waals surface area contributed by atoms with Crippen molar-refractivity contribution in [3.63, 3.8) is 0 Å². The zero-order valence-electron chi connectivity index (χ0n) is 17.9. The highest BCUT2D eigenvalue weighted by molar-refractivity contribution is 5.95. The lowest BCUT2D eigenvalue weighted by molar-refractivity contribution is 0.0936. The molecule has 31 heavy (non-hydrogen) atoms. The Morgan fingerprint density at radius 3 is 2.26 bits per heavy atom. The van der Waals surface area contributed by atoms with Gasteiger partial charge in [-0.3, -0.25) is 9.59 Å². The van der Waals surface area contributed by atoms with Crippen LogP contribution in [-0.2, 0) is 13.2 Å². The van der Waals surface area contributed by atoms with Crippen LogP contribution in [0.15, 0.2) is 78.9 Å². The van der Waals surface area contributed by atoms with Crippen molar-refractivity contribution in [2.45, 2.75) is 39.5 Å². The third kappa shape index (κ3) is 6.71. The number of hydrogen-bond donors (Lipinski definition) is 2. The molecule has 0 bridgehead atoms. The largest absolute Gasteiger partial charge is 0.489 e. The first-order chi connectivity index (χ1) is 15.0. The second-order valence-corrected chi connectivity index (χ2v) is 7.46. The van der Waals surface area contributed by atoms with E-state index in [1.165, 1.54) is 0 Å². The number of hydrogen-bond acceptors (Lipinski definition) is 3. The summed E-state index contributed by atoms with van der Waals surface area (Å²) in [7, 11) is 0. The van der Waals surface area contributed by atoms with E-state index < -0.39 is 0 Å². The van der Waals surface area contributed by atoms with Crippen molar-refractivity contribution in [1.82, 2.24) is 10.6 Å². The van der Waals surface area contributed by atoms with E-state index in [2.05, 4.69) is 10.6 Å². The number of ether oxygens (including phenoxy) is 1. The second-order valence-electron chi connectivity index (χ2n) is 7.46. The van der Waals surface area contributed by atoms with E-state index in [0.29, 0.717) is 30.0 Å². The van der Waals surface area contributed by atoms with Crippen LogP contribution in [0.3, 0.4) is 0 Å². The van der Waals surface area contributed by atoms with E-state index >= 15 is 0 Å². The van der Waals surface area contributed by atoms with Gasteiger partial charge in [-0.05, 0) is 60.9 Å². The molecule has 0 aromatic heterocycles. The van der Waals surface area contributed by atoms with Crippen molar-refractivity contribution in [2.75, 3.05) is 0 Å². The summed E-state index contributed by atoms with van der Waals surface area (Å²) in [5.41, 5.74) is 3.10. The van der Waals surface area contributed by atoms with Gasteiger partial charge in [0.05, 0.1) is 0 Å². The summed E-state index contributed by atoms with van der Waals surface area (Å²) in [6.07, 6.45) is 0.873. The molecule has 0 aliphatic carbocycles. The fourth-order valence-electron chi connectivity index (χ4n) is 2.96. The fourth-order valence-corrected chi connectivity index (χ4v) is 2.96. The van der Waals surface area contributed by atoms with Crippen LogP contribution in [0.5, 0.6) is 5.75 Å². The Hall–Kier alpha value is -3.60. The summed E-state index contributed by atoms with van der Waals surface area (Å²) in [6.45, 7) is 4.82. The third-order valence-corrected chi connectivity index (χ3v) is 5.00. The first-order valence-electron chi connectivity index (χ1n) is 10.5. The van der Waals surface area contributed by atoms with Gasteiger partial charge in [0.1, 0.15) is 12.4 Å². The van der Waals surface area contributed by atoms with Crippen LogP contribution in [0, 0.1) is 0 Å². The smallest absolute Gasteiger partial charge is 0.251 e. The number of nitrogens with one attached hydrogen (secondary N) is 2. The van der Waals surface area contributed by atoms with Gasteiger partial charge in [-0.1, -0.05) is 49.4 Å². The molecule has 3 aromatic carbocycles. The monoisotopic (exact) mass is 416 g/mol. The first-order valence-corrected chi connectivity index (χ1v) is 10.5. The topological polar surface area (TPSA) is 67.4 Å². The SMILES string of the molecule is CCC(C)NC(=O)c1cccc(CNC(=O)c2ccc(OCc3ccccc3)cc2)c1. The zero-order valence-corrected chi connectivity index (χ0v) is 17.9. The number of carbonyl (C=O) groups excluding carboxylic acids is 2. The highest BCUT2D eigenvalue weighted by atomic mass is 16.5. The Bertz CT molecular complexity index is 1000. The average Bonchev–Trinajstić information content (AvgIpc) is 2.82. The summed E-state index contributed by atoms with van der Waals surface area (Å²) >= 11 is 0. The van der Waals surface area contributed by atoms with Crippen LogP contribution in [0.1, 0.15) is 52.1 Å². The lowest BCUT2D eigenvalue weighted by Crippen LogP contribution is -2.32. The van der Waals surface area contributed by atoms with E-state index in [1.807, 2.05) is 56.3 Å². The molecule has 0 fully saturated rings. The Balaban J connectivity index is 1.52. The van der Waals surface area contributed by atoms with Crippen LogP contribution >= 0.6 is 0 Å². The number of amides is 2. The molecular formula is C26H28N2O3. The number of rotatable bonds is 9. The maximum absolute atomic E-state index is 12.5. The van der Waals surface area contributed by atoms with Crippen molar-refractivity contribution in [1.29, 1.82) is 0 Å². The van der Waals surface area contributed by atoms with Gasteiger partial charge in [0.2, 0.25) is 0 Å². The molecule has 160 valence electrons. The normalized spacial score (nSPS) is 11.4. The van der Waals surface area contributed by atoms with Gasteiger partial charge in [-0.2, -0.15) is 0 Å². The van der Waals surface area contributed by atoms with Crippen molar-refractivity contribution in [2.24, 2.45) is 0 Å². The molecule has 5 heteroatoms. The molecule has 0 saturated heterocycles. The minimum atomic E-state index is -0.177. The quantitative estimate of drug-likeness (QED) is 0.530. The lowest BCUT2D eigenvalue weighted by atomic mass is 10.1. The van der Waals surface area contributed by atoms with Crippen molar-refractivity contribution >= 4 is 11.8 Å². The molecule has 0 spiro atoms. The fraction of sp³-hybridized carbons (Fsp3) is 0.231. The molecule has 3 aromatic rings. The first kappa shape index (κ1) is 22.1. The van der Waals surface area contributed by atoms with Gasteiger partial charge in [0, 0.05) is 23.7 Å². The molecule has 0 aliphatic heterocycles. The zero-order chi connectivity index (χ0) is 22.1. The summed E-state index contributed by atoms with van der Waals surface area (Å²) < 4.78 is 5.76. The minimum absolute atomic E-state index is 0.103. The highest BCUT2D eigenvalue weighted by Crippen LogP contribution is 2.14. The average molecular weight is 417 g/mol. The van der Waals surface area contributed by atoms with Crippen molar-refractivity contribution in [3.05, 3.63) is 101 Å². The van der Waals surface area contributed by atoms with E-state index in [1.54, 1.807) is 36.4 Å². The van der Waals surface area contributed by atoms with Gasteiger partial charge >= 0.3 is 0 Å². The van der Waals surface area contributed by atoms with Crippen molar-refractivity contribution in [3.8, 4) is 5.75 Å². The molecule has 0 heterocycles. The number of benzene rings is 3. The van der Waals surface area contributed by atoms with E-state index in [-0.39, 0.29) is 17.9 Å². The molecule has 3 rings (SSSR count). The number of carbonyl (C=O) groups is 2. The van der Waals surface area contributed by atoms with E-state index in [0.717, 1.165) is 17.5 Å². The Labute approximate surface area is 183 Å². The molecule has 1 unspecified atom stereocenters. The van der Waals surface area contributed by atoms with Gasteiger partial charge < -0.3 is 15.4 Å². The summed E-state index contributed by atoms with van der Waals surface area (Å²) in [5.74, 6) is 0.429. The predicted molar refractivity (Wildman–Crippen MR) is 122 cm³/mol. The molecule has 1 atom stereocenters. The molecule has 5 nitrogen and oxygen atoms in total. The lowest BCUT2D eigenvalue weighted by Gasteiger charge is -2.12. The molecule has 0 radical (unpaired) electrons. The Morgan fingerprint density at radius 2 is 1.55 bits per heavy atom. The molecular weight excluding hydrogens is 388 g/mol. The molecule has 2 N–H and O–H groups in total. The van der Waals surface area contributed by atoms with Crippen LogP contribution < -0.4 is 15.4 Å². The molecule has 0 aliphatic rings. The summed E-state index contributed by atoms with van der Waals surface area (Å²) in [4.78, 5) is 24.8. The standard InChI is InChI=1S/C26H28N2O3/c1-3-19(2)28-26(30)23-11-7-10-21(16-23)17-27-25(29)22-12-14-24(15-13-22)31-18-20-8-5-4-6-9-20/h4-16,19H,3,17-18H2,1-2H3,(H,27,29)(H,28,30). The Morgan fingerprint density at radius 1 is 0.839 bits per heavy atom. The Kier molecular flexibility index (Phi) is 7.82. The van der Waals surface area contributed by atoms with Crippen molar-refractivity contribution < 1.29 is 14.3 Å². The van der Waals surface area contributed by atoms with Gasteiger partial charge in [-0.15, -0.1) is 0 Å². The maximum atomic E-state index is 12.5. The minimum Gasteiger partial charge on any atom is -0.489 e. The van der Waals surface area contributed by atoms with Crippen LogP contribution in [-0.4, -0.2) is 17.9 Å². The van der Waals surface area contributed by atoms with E-state index in [4.69, 9.17) is 4.74 Å². The molecule has 0 saturated carbocycles. The van der Waals surface area contributed by atoms with Gasteiger partial charge in [0.15, 0.2) is 0 Å². The van der Waals surface area contributed by atoms with Crippen LogP contribution in [0.25, 0.3) is 0 Å². The maximum Gasteiger partial charge on any atom is 0.251 e. The summed E-state index contributed by atoms with van der Waals surface area (Å²) in [5, 5.41) is 5.85. The third-order valence-electron chi connectivity index (χ3n) is 5.00. The predicted octanol–water partition coefficient (Wildman–Crippen LogP) is 4.72. The summed E-state index contributed by atoms with van der Waals surface area (Å²) in [6, 6.07) is 24.4. The van der Waals surface area contributed by atoms with Crippen LogP contribution in [0.2, 0.25) is 0 Å². The molecule has 2 amide bonds. The highest BCUT2D eigenvalue weighted by Gasteiger charge is 2.10.